The smallest absolute Gasteiger partial charge is 0.383 e. The van der Waals surface area contributed by atoms with E-state index in [9.17, 15) is 18.0 Å². The quantitative estimate of drug-likeness (QED) is 0.846. The van der Waals surface area contributed by atoms with Crippen molar-refractivity contribution in [3.05, 3.63) is 41.7 Å². The predicted octanol–water partition coefficient (Wildman–Crippen LogP) is 2.63. The van der Waals surface area contributed by atoms with Crippen LogP contribution in [0, 0.1) is 0 Å². The molecular weight excluding hydrogens is 273 g/mol. The van der Waals surface area contributed by atoms with Crippen molar-refractivity contribution >= 4 is 23.6 Å². The van der Waals surface area contributed by atoms with Crippen molar-refractivity contribution in [2.45, 2.75) is 6.18 Å². The average molecular weight is 282 g/mol. The fraction of sp³-hybridized carbons (Fsp3) is 0.0833. The molecule has 0 aliphatic heterocycles. The van der Waals surface area contributed by atoms with Gasteiger partial charge in [0, 0.05) is 5.69 Å². The summed E-state index contributed by atoms with van der Waals surface area (Å²) in [5, 5.41) is 2.61. The summed E-state index contributed by atoms with van der Waals surface area (Å²) in [5.41, 5.74) is 4.80. The molecule has 2 rings (SSSR count). The zero-order chi connectivity index (χ0) is 14.8. The molecule has 0 aliphatic carbocycles. The number of nitrogen functional groups attached to an aromatic ring is 1. The number of nitrogens with one attached hydrogen (secondary N) is 1. The molecule has 0 saturated heterocycles. The first-order valence-corrected chi connectivity index (χ1v) is 5.41. The third-order valence-corrected chi connectivity index (χ3v) is 2.49. The fourth-order valence-electron chi connectivity index (χ4n) is 1.53. The Morgan fingerprint density at radius 2 is 2.00 bits per heavy atom. The Kier molecular flexibility index (Phi) is 3.55. The van der Waals surface area contributed by atoms with Gasteiger partial charge in [0.25, 0.3) is 0 Å². The summed E-state index contributed by atoms with van der Waals surface area (Å²) in [6, 6.07) is 4.52. The van der Waals surface area contributed by atoms with Gasteiger partial charge < -0.3 is 11.1 Å². The van der Waals surface area contributed by atoms with Gasteiger partial charge in [0.15, 0.2) is 6.29 Å². The molecule has 1 aromatic carbocycles. The molecular formula is C12H9F3N4O. The summed E-state index contributed by atoms with van der Waals surface area (Å²) in [6.07, 6.45) is -2.90. The number of hydrogen-bond donors (Lipinski definition) is 2. The highest BCUT2D eigenvalue weighted by Gasteiger charge is 2.30. The lowest BCUT2D eigenvalue weighted by Crippen LogP contribution is -2.07. The number of alkyl halides is 3. The van der Waals surface area contributed by atoms with Crippen LogP contribution in [0.5, 0.6) is 0 Å². The summed E-state index contributed by atoms with van der Waals surface area (Å²) in [5.74, 6) is -0.00343. The second-order valence-corrected chi connectivity index (χ2v) is 3.84. The lowest BCUT2D eigenvalue weighted by molar-refractivity contribution is -0.137. The standard InChI is InChI=1S/C12H9F3N4O/c13-12(14,15)7-2-1-3-8(4-7)19-11-9(5-20)10(16)17-6-18-11/h1-6H,(H3,16,17,18,19). The van der Waals surface area contributed by atoms with E-state index in [2.05, 4.69) is 15.3 Å². The van der Waals surface area contributed by atoms with E-state index in [4.69, 9.17) is 5.73 Å². The second kappa shape index (κ2) is 5.16. The predicted molar refractivity (Wildman–Crippen MR) is 66.6 cm³/mol. The van der Waals surface area contributed by atoms with E-state index in [1.165, 1.54) is 12.1 Å². The maximum absolute atomic E-state index is 12.6. The van der Waals surface area contributed by atoms with E-state index < -0.39 is 11.7 Å². The molecule has 0 unspecified atom stereocenters. The van der Waals surface area contributed by atoms with Crippen LogP contribution in [0.25, 0.3) is 0 Å². The Balaban J connectivity index is 2.36. The van der Waals surface area contributed by atoms with Crippen LogP contribution in [0.15, 0.2) is 30.6 Å². The van der Waals surface area contributed by atoms with Gasteiger partial charge in [0.2, 0.25) is 0 Å². The highest BCUT2D eigenvalue weighted by Crippen LogP contribution is 2.31. The van der Waals surface area contributed by atoms with Crippen LogP contribution in [-0.2, 0) is 6.18 Å². The number of anilines is 3. The van der Waals surface area contributed by atoms with Crippen molar-refractivity contribution < 1.29 is 18.0 Å². The molecule has 0 radical (unpaired) electrons. The molecule has 0 aliphatic rings. The number of halogens is 3. The molecule has 0 amide bonds. The second-order valence-electron chi connectivity index (χ2n) is 3.84. The van der Waals surface area contributed by atoms with E-state index in [0.717, 1.165) is 18.5 Å². The topological polar surface area (TPSA) is 80.9 Å². The largest absolute Gasteiger partial charge is 0.416 e. The molecule has 1 heterocycles. The van der Waals surface area contributed by atoms with Crippen LogP contribution in [-0.4, -0.2) is 16.3 Å². The first-order chi connectivity index (χ1) is 9.41. The molecule has 0 spiro atoms. The van der Waals surface area contributed by atoms with Crippen molar-refractivity contribution in [1.82, 2.24) is 9.97 Å². The molecule has 2 aromatic rings. The average Bonchev–Trinajstić information content (AvgIpc) is 2.38. The lowest BCUT2D eigenvalue weighted by atomic mass is 10.2. The molecule has 1 aromatic heterocycles. The third kappa shape index (κ3) is 2.85. The Morgan fingerprint density at radius 3 is 2.65 bits per heavy atom. The zero-order valence-corrected chi connectivity index (χ0v) is 9.98. The van der Waals surface area contributed by atoms with Crippen LogP contribution < -0.4 is 11.1 Å². The van der Waals surface area contributed by atoms with Gasteiger partial charge in [0.05, 0.1) is 11.1 Å². The minimum atomic E-state index is -4.45. The first kappa shape index (κ1) is 13.8. The normalized spacial score (nSPS) is 11.2. The van der Waals surface area contributed by atoms with E-state index in [0.29, 0.717) is 6.29 Å². The van der Waals surface area contributed by atoms with E-state index in [1.54, 1.807) is 0 Å². The number of aldehydes is 1. The van der Waals surface area contributed by atoms with Crippen molar-refractivity contribution in [3.63, 3.8) is 0 Å². The molecule has 104 valence electrons. The molecule has 20 heavy (non-hydrogen) atoms. The van der Waals surface area contributed by atoms with Crippen molar-refractivity contribution in [2.24, 2.45) is 0 Å². The van der Waals surface area contributed by atoms with Gasteiger partial charge >= 0.3 is 6.18 Å². The van der Waals surface area contributed by atoms with Crippen LogP contribution in [0.1, 0.15) is 15.9 Å². The summed E-state index contributed by atoms with van der Waals surface area (Å²) in [7, 11) is 0. The van der Waals surface area contributed by atoms with Gasteiger partial charge in [-0.3, -0.25) is 4.79 Å². The van der Waals surface area contributed by atoms with E-state index in [1.807, 2.05) is 0 Å². The van der Waals surface area contributed by atoms with Gasteiger partial charge in [-0.2, -0.15) is 13.2 Å². The maximum atomic E-state index is 12.6. The van der Waals surface area contributed by atoms with Crippen LogP contribution in [0.3, 0.4) is 0 Å². The fourth-order valence-corrected chi connectivity index (χ4v) is 1.53. The van der Waals surface area contributed by atoms with Crippen molar-refractivity contribution in [2.75, 3.05) is 11.1 Å². The molecule has 0 bridgehead atoms. The van der Waals surface area contributed by atoms with Gasteiger partial charge in [-0.25, -0.2) is 9.97 Å². The molecule has 3 N–H and O–H groups in total. The van der Waals surface area contributed by atoms with E-state index >= 15 is 0 Å². The minimum Gasteiger partial charge on any atom is -0.383 e. The van der Waals surface area contributed by atoms with Crippen LogP contribution in [0.4, 0.5) is 30.5 Å². The van der Waals surface area contributed by atoms with Gasteiger partial charge in [-0.1, -0.05) is 6.07 Å². The molecule has 0 atom stereocenters. The highest BCUT2D eigenvalue weighted by atomic mass is 19.4. The van der Waals surface area contributed by atoms with E-state index in [-0.39, 0.29) is 22.9 Å². The molecule has 5 nitrogen and oxygen atoms in total. The lowest BCUT2D eigenvalue weighted by Gasteiger charge is -2.11. The van der Waals surface area contributed by atoms with Gasteiger partial charge in [0.1, 0.15) is 18.0 Å². The number of nitrogens with zero attached hydrogens (tertiary/aromatic N) is 2. The number of benzene rings is 1. The first-order valence-electron chi connectivity index (χ1n) is 5.41. The third-order valence-electron chi connectivity index (χ3n) is 2.49. The van der Waals surface area contributed by atoms with Crippen molar-refractivity contribution in [3.8, 4) is 0 Å². The number of carbonyl (C=O) groups is 1. The summed E-state index contributed by atoms with van der Waals surface area (Å²) < 4.78 is 37.8. The highest BCUT2D eigenvalue weighted by molar-refractivity contribution is 5.89. The SMILES string of the molecule is Nc1ncnc(Nc2cccc(C(F)(F)F)c2)c1C=O. The Labute approximate surface area is 111 Å². The molecule has 0 fully saturated rings. The Morgan fingerprint density at radius 1 is 1.25 bits per heavy atom. The van der Waals surface area contributed by atoms with Gasteiger partial charge in [-0.05, 0) is 18.2 Å². The Hall–Kier alpha value is -2.64. The number of nitrogens with two attached hydrogens (primary N) is 1. The number of rotatable bonds is 3. The summed E-state index contributed by atoms with van der Waals surface area (Å²) >= 11 is 0. The summed E-state index contributed by atoms with van der Waals surface area (Å²) in [4.78, 5) is 18.3. The minimum absolute atomic E-state index is 0.00934. The summed E-state index contributed by atoms with van der Waals surface area (Å²) in [6.45, 7) is 0. The molecule has 8 heteroatoms. The number of carbonyl (C=O) groups excluding carboxylic acids is 1. The molecule has 0 saturated carbocycles. The van der Waals surface area contributed by atoms with Crippen LogP contribution in [0.2, 0.25) is 0 Å². The maximum Gasteiger partial charge on any atom is 0.416 e. The monoisotopic (exact) mass is 282 g/mol. The number of aromatic nitrogens is 2. The van der Waals surface area contributed by atoms with Crippen LogP contribution >= 0.6 is 0 Å². The number of hydrogen-bond acceptors (Lipinski definition) is 5. The van der Waals surface area contributed by atoms with Gasteiger partial charge in [-0.15, -0.1) is 0 Å². The Bertz CT molecular complexity index is 643. The zero-order valence-electron chi connectivity index (χ0n) is 9.98. The van der Waals surface area contributed by atoms with Crippen molar-refractivity contribution in [1.29, 1.82) is 0 Å².